The Morgan fingerprint density at radius 3 is 2.67 bits per heavy atom. The van der Waals surface area contributed by atoms with Crippen LogP contribution in [0.25, 0.3) is 0 Å². The first-order chi connectivity index (χ1) is 8.68. The SMILES string of the molecule is CC1(OCC(=O)NCCC2CCCCC2)CNC1. The van der Waals surface area contributed by atoms with Crippen LogP contribution in [0.1, 0.15) is 45.4 Å². The summed E-state index contributed by atoms with van der Waals surface area (Å²) in [5, 5.41) is 6.12. The number of nitrogens with one attached hydrogen (secondary N) is 2. The second kappa shape index (κ2) is 6.53. The van der Waals surface area contributed by atoms with E-state index in [1.54, 1.807) is 0 Å². The smallest absolute Gasteiger partial charge is 0.246 e. The van der Waals surface area contributed by atoms with Crippen LogP contribution >= 0.6 is 0 Å². The molecule has 0 spiro atoms. The zero-order valence-corrected chi connectivity index (χ0v) is 11.5. The zero-order chi connectivity index (χ0) is 12.8. The van der Waals surface area contributed by atoms with Gasteiger partial charge in [0.1, 0.15) is 6.61 Å². The molecule has 2 aliphatic rings. The number of rotatable bonds is 6. The van der Waals surface area contributed by atoms with Crippen molar-refractivity contribution in [1.82, 2.24) is 10.6 Å². The van der Waals surface area contributed by atoms with E-state index < -0.39 is 0 Å². The number of carbonyl (C=O) groups excluding carboxylic acids is 1. The number of amides is 1. The lowest BCUT2D eigenvalue weighted by atomic mass is 9.87. The minimum absolute atomic E-state index is 0.0268. The van der Waals surface area contributed by atoms with Crippen LogP contribution in [0.3, 0.4) is 0 Å². The van der Waals surface area contributed by atoms with Gasteiger partial charge in [0.15, 0.2) is 0 Å². The van der Waals surface area contributed by atoms with Gasteiger partial charge in [0.25, 0.3) is 0 Å². The van der Waals surface area contributed by atoms with Gasteiger partial charge in [0, 0.05) is 19.6 Å². The maximum atomic E-state index is 11.6. The lowest BCUT2D eigenvalue weighted by Gasteiger charge is -2.38. The molecule has 2 fully saturated rings. The average molecular weight is 254 g/mol. The van der Waals surface area contributed by atoms with Crippen molar-refractivity contribution in [2.45, 2.75) is 51.0 Å². The molecule has 1 amide bonds. The molecular weight excluding hydrogens is 228 g/mol. The Hall–Kier alpha value is -0.610. The Kier molecular flexibility index (Phi) is 5.01. The van der Waals surface area contributed by atoms with Gasteiger partial charge in [-0.25, -0.2) is 0 Å². The van der Waals surface area contributed by atoms with Gasteiger partial charge in [0.2, 0.25) is 5.91 Å². The molecular formula is C14H26N2O2. The van der Waals surface area contributed by atoms with Crippen LogP contribution in [0.15, 0.2) is 0 Å². The molecule has 18 heavy (non-hydrogen) atoms. The van der Waals surface area contributed by atoms with Crippen LogP contribution in [-0.2, 0) is 9.53 Å². The van der Waals surface area contributed by atoms with Crippen LogP contribution < -0.4 is 10.6 Å². The van der Waals surface area contributed by atoms with Crippen LogP contribution in [0.4, 0.5) is 0 Å². The molecule has 0 aromatic rings. The molecule has 4 nitrogen and oxygen atoms in total. The summed E-state index contributed by atoms with van der Waals surface area (Å²) < 4.78 is 5.60. The van der Waals surface area contributed by atoms with Gasteiger partial charge in [-0.1, -0.05) is 32.1 Å². The van der Waals surface area contributed by atoms with E-state index in [1.807, 2.05) is 6.92 Å². The molecule has 0 aromatic carbocycles. The maximum Gasteiger partial charge on any atom is 0.246 e. The zero-order valence-electron chi connectivity index (χ0n) is 11.5. The Bertz CT molecular complexity index is 271. The van der Waals surface area contributed by atoms with Gasteiger partial charge in [-0.3, -0.25) is 4.79 Å². The fraction of sp³-hybridized carbons (Fsp3) is 0.929. The maximum absolute atomic E-state index is 11.6. The molecule has 1 heterocycles. The second-order valence-electron chi connectivity index (χ2n) is 5.98. The van der Waals surface area contributed by atoms with Crippen molar-refractivity contribution in [2.75, 3.05) is 26.2 Å². The molecule has 2 N–H and O–H groups in total. The van der Waals surface area contributed by atoms with Crippen LogP contribution in [0, 0.1) is 5.92 Å². The predicted molar refractivity (Wildman–Crippen MR) is 71.4 cm³/mol. The lowest BCUT2D eigenvalue weighted by molar-refractivity contribution is -0.135. The Morgan fingerprint density at radius 2 is 2.06 bits per heavy atom. The van der Waals surface area contributed by atoms with Crippen molar-refractivity contribution in [3.05, 3.63) is 0 Å². The minimum atomic E-state index is -0.124. The van der Waals surface area contributed by atoms with E-state index in [0.29, 0.717) is 0 Å². The van der Waals surface area contributed by atoms with Crippen molar-refractivity contribution in [3.8, 4) is 0 Å². The Balaban J connectivity index is 1.51. The van der Waals surface area contributed by atoms with E-state index in [0.717, 1.165) is 32.0 Å². The molecule has 0 atom stereocenters. The average Bonchev–Trinajstić information content (AvgIpc) is 2.35. The molecule has 0 radical (unpaired) electrons. The molecule has 1 aliphatic carbocycles. The van der Waals surface area contributed by atoms with E-state index in [2.05, 4.69) is 10.6 Å². The third kappa shape index (κ3) is 4.25. The number of hydrogen-bond acceptors (Lipinski definition) is 3. The van der Waals surface area contributed by atoms with Crippen LogP contribution in [-0.4, -0.2) is 37.7 Å². The van der Waals surface area contributed by atoms with Gasteiger partial charge in [-0.15, -0.1) is 0 Å². The third-order valence-electron chi connectivity index (χ3n) is 4.15. The predicted octanol–water partition coefficient (Wildman–Crippen LogP) is 1.45. The monoisotopic (exact) mass is 254 g/mol. The van der Waals surface area contributed by atoms with Crippen molar-refractivity contribution in [3.63, 3.8) is 0 Å². The number of ether oxygens (including phenoxy) is 1. The van der Waals surface area contributed by atoms with E-state index in [4.69, 9.17) is 4.74 Å². The molecule has 1 saturated carbocycles. The van der Waals surface area contributed by atoms with E-state index in [1.165, 1.54) is 32.1 Å². The fourth-order valence-corrected chi connectivity index (χ4v) is 2.76. The summed E-state index contributed by atoms with van der Waals surface area (Å²) in [4.78, 5) is 11.6. The van der Waals surface area contributed by atoms with Crippen molar-refractivity contribution in [2.24, 2.45) is 5.92 Å². The van der Waals surface area contributed by atoms with Gasteiger partial charge in [-0.05, 0) is 19.3 Å². The van der Waals surface area contributed by atoms with Crippen LogP contribution in [0.2, 0.25) is 0 Å². The summed E-state index contributed by atoms with van der Waals surface area (Å²) in [6.07, 6.45) is 7.94. The molecule has 0 bridgehead atoms. The molecule has 0 aromatic heterocycles. The van der Waals surface area contributed by atoms with E-state index >= 15 is 0 Å². The highest BCUT2D eigenvalue weighted by molar-refractivity contribution is 5.77. The summed E-state index contributed by atoms with van der Waals surface area (Å²) >= 11 is 0. The summed E-state index contributed by atoms with van der Waals surface area (Å²) in [7, 11) is 0. The molecule has 0 unspecified atom stereocenters. The summed E-state index contributed by atoms with van der Waals surface area (Å²) in [6.45, 7) is 4.74. The standard InChI is InChI=1S/C14H26N2O2/c1-14(10-15-11-14)18-9-13(17)16-8-7-12-5-3-2-4-6-12/h12,15H,2-11H2,1H3,(H,16,17). The third-order valence-corrected chi connectivity index (χ3v) is 4.15. The van der Waals surface area contributed by atoms with Crippen molar-refractivity contribution < 1.29 is 9.53 Å². The topological polar surface area (TPSA) is 50.4 Å². The van der Waals surface area contributed by atoms with Crippen LogP contribution in [0.5, 0.6) is 0 Å². The molecule has 1 aliphatic heterocycles. The first-order valence-corrected chi connectivity index (χ1v) is 7.29. The number of hydrogen-bond donors (Lipinski definition) is 2. The van der Waals surface area contributed by atoms with Crippen molar-refractivity contribution in [1.29, 1.82) is 0 Å². The Labute approximate surface area is 110 Å². The first kappa shape index (κ1) is 13.8. The summed E-state index contributed by atoms with van der Waals surface area (Å²) in [5.41, 5.74) is -0.124. The summed E-state index contributed by atoms with van der Waals surface area (Å²) in [5.74, 6) is 0.854. The first-order valence-electron chi connectivity index (χ1n) is 7.29. The van der Waals surface area contributed by atoms with E-state index in [-0.39, 0.29) is 18.1 Å². The highest BCUT2D eigenvalue weighted by Crippen LogP contribution is 2.25. The van der Waals surface area contributed by atoms with Crippen molar-refractivity contribution >= 4 is 5.91 Å². The fourth-order valence-electron chi connectivity index (χ4n) is 2.76. The quantitative estimate of drug-likeness (QED) is 0.754. The molecule has 2 rings (SSSR count). The minimum Gasteiger partial charge on any atom is -0.363 e. The Morgan fingerprint density at radius 1 is 1.33 bits per heavy atom. The lowest BCUT2D eigenvalue weighted by Crippen LogP contribution is -2.59. The largest absolute Gasteiger partial charge is 0.363 e. The number of carbonyl (C=O) groups is 1. The van der Waals surface area contributed by atoms with Gasteiger partial charge >= 0.3 is 0 Å². The highest BCUT2D eigenvalue weighted by atomic mass is 16.5. The van der Waals surface area contributed by atoms with E-state index in [9.17, 15) is 4.79 Å². The van der Waals surface area contributed by atoms with Gasteiger partial charge < -0.3 is 15.4 Å². The molecule has 4 heteroatoms. The second-order valence-corrected chi connectivity index (χ2v) is 5.98. The van der Waals surface area contributed by atoms with Gasteiger partial charge in [0.05, 0.1) is 5.60 Å². The normalized spacial score (nSPS) is 23.4. The molecule has 1 saturated heterocycles. The molecule has 104 valence electrons. The highest BCUT2D eigenvalue weighted by Gasteiger charge is 2.32. The summed E-state index contributed by atoms with van der Waals surface area (Å²) in [6, 6.07) is 0. The van der Waals surface area contributed by atoms with Gasteiger partial charge in [-0.2, -0.15) is 0 Å².